The second-order valence-electron chi connectivity index (χ2n) is 5.78. The maximum absolute atomic E-state index is 12.0. The molecular formula is C12H20ClN3O3S. The Kier molecular flexibility index (Phi) is 4.41. The lowest BCUT2D eigenvalue weighted by Gasteiger charge is -2.30. The maximum atomic E-state index is 12.0. The molecule has 1 aliphatic carbocycles. The standard InChI is InChI=1S/C12H20ClN3O3S/c1-15(2)9-14-20(18,19)16-5-3-12(4-6-16)7-10(12)11(17)8-13/h9-10H,3-8H2,1-2H3/b14-9+/t10-/m0/s1. The predicted octanol–water partition coefficient (Wildman–Crippen LogP) is 0.731. The second kappa shape index (κ2) is 5.61. The van der Waals surface area contributed by atoms with E-state index in [4.69, 9.17) is 11.6 Å². The first-order chi connectivity index (χ1) is 9.31. The summed E-state index contributed by atoms with van der Waals surface area (Å²) in [6, 6.07) is 0. The van der Waals surface area contributed by atoms with Gasteiger partial charge in [0.2, 0.25) is 0 Å². The number of alkyl halides is 1. The number of nitrogens with zero attached hydrogens (tertiary/aromatic N) is 3. The van der Waals surface area contributed by atoms with Crippen LogP contribution >= 0.6 is 11.6 Å². The minimum atomic E-state index is -3.59. The van der Waals surface area contributed by atoms with Gasteiger partial charge in [-0.2, -0.15) is 12.7 Å². The lowest BCUT2D eigenvalue weighted by atomic mass is 9.91. The van der Waals surface area contributed by atoms with Crippen molar-refractivity contribution in [1.29, 1.82) is 0 Å². The number of hydrogen-bond donors (Lipinski definition) is 0. The van der Waals surface area contributed by atoms with Crippen molar-refractivity contribution >= 4 is 33.9 Å². The number of rotatable bonds is 5. The van der Waals surface area contributed by atoms with Crippen LogP contribution in [0.4, 0.5) is 0 Å². The average Bonchev–Trinajstić information content (AvgIpc) is 3.10. The summed E-state index contributed by atoms with van der Waals surface area (Å²) in [6.45, 7) is 0.859. The first-order valence-corrected chi connectivity index (χ1v) is 8.54. The Labute approximate surface area is 125 Å². The molecule has 1 saturated carbocycles. The fourth-order valence-corrected chi connectivity index (χ4v) is 4.10. The first kappa shape index (κ1) is 15.7. The molecule has 1 spiro atoms. The summed E-state index contributed by atoms with van der Waals surface area (Å²) in [5, 5.41) is 0. The zero-order valence-corrected chi connectivity index (χ0v) is 13.3. The van der Waals surface area contributed by atoms with E-state index in [-0.39, 0.29) is 23.0 Å². The van der Waals surface area contributed by atoms with Gasteiger partial charge in [0.05, 0.1) is 5.88 Å². The molecule has 0 amide bonds. The number of carbonyl (C=O) groups excluding carboxylic acids is 1. The summed E-state index contributed by atoms with van der Waals surface area (Å²) in [5.74, 6) is 0.186. The molecule has 114 valence electrons. The Balaban J connectivity index is 1.94. The van der Waals surface area contributed by atoms with E-state index in [9.17, 15) is 13.2 Å². The Hall–Kier alpha value is -0.660. The minimum absolute atomic E-state index is 0.00323. The van der Waals surface area contributed by atoms with E-state index in [1.165, 1.54) is 10.6 Å². The molecule has 2 aliphatic rings. The maximum Gasteiger partial charge on any atom is 0.323 e. The van der Waals surface area contributed by atoms with Crippen LogP contribution in [0.15, 0.2) is 4.40 Å². The van der Waals surface area contributed by atoms with Gasteiger partial charge in [0.25, 0.3) is 0 Å². The van der Waals surface area contributed by atoms with Crippen LogP contribution < -0.4 is 0 Å². The van der Waals surface area contributed by atoms with Crippen LogP contribution in [-0.4, -0.2) is 62.8 Å². The number of hydrogen-bond acceptors (Lipinski definition) is 3. The molecule has 0 bridgehead atoms. The summed E-state index contributed by atoms with van der Waals surface area (Å²) >= 11 is 5.58. The van der Waals surface area contributed by atoms with Crippen LogP contribution in [0.3, 0.4) is 0 Å². The predicted molar refractivity (Wildman–Crippen MR) is 78.2 cm³/mol. The highest BCUT2D eigenvalue weighted by Gasteiger charge is 2.58. The molecule has 6 nitrogen and oxygen atoms in total. The zero-order valence-electron chi connectivity index (χ0n) is 11.7. The smallest absolute Gasteiger partial charge is 0.323 e. The number of carbonyl (C=O) groups is 1. The lowest BCUT2D eigenvalue weighted by Crippen LogP contribution is -2.39. The van der Waals surface area contributed by atoms with E-state index >= 15 is 0 Å². The van der Waals surface area contributed by atoms with E-state index in [0.29, 0.717) is 13.1 Å². The molecule has 8 heteroatoms. The fourth-order valence-electron chi connectivity index (χ4n) is 2.83. The van der Waals surface area contributed by atoms with Gasteiger partial charge in [0.1, 0.15) is 6.34 Å². The summed E-state index contributed by atoms with van der Waals surface area (Å²) in [6.07, 6.45) is 3.58. The molecule has 0 unspecified atom stereocenters. The molecule has 2 rings (SSSR count). The van der Waals surface area contributed by atoms with Gasteiger partial charge in [0, 0.05) is 33.1 Å². The lowest BCUT2D eigenvalue weighted by molar-refractivity contribution is -0.118. The van der Waals surface area contributed by atoms with Crippen molar-refractivity contribution in [2.24, 2.45) is 15.7 Å². The number of halogens is 1. The van der Waals surface area contributed by atoms with Gasteiger partial charge in [-0.25, -0.2) is 0 Å². The molecule has 0 aromatic carbocycles. The van der Waals surface area contributed by atoms with Gasteiger partial charge < -0.3 is 4.90 Å². The topological polar surface area (TPSA) is 70.1 Å². The largest absolute Gasteiger partial charge is 0.368 e. The van der Waals surface area contributed by atoms with Crippen LogP contribution in [0, 0.1) is 11.3 Å². The van der Waals surface area contributed by atoms with Gasteiger partial charge in [-0.05, 0) is 24.7 Å². The van der Waals surface area contributed by atoms with E-state index in [1.54, 1.807) is 19.0 Å². The molecule has 1 aliphatic heterocycles. The van der Waals surface area contributed by atoms with Crippen molar-refractivity contribution in [1.82, 2.24) is 9.21 Å². The molecule has 0 aromatic heterocycles. The summed E-state index contributed by atoms with van der Waals surface area (Å²) in [5.41, 5.74) is 0.00323. The average molecular weight is 322 g/mol. The van der Waals surface area contributed by atoms with E-state index < -0.39 is 10.2 Å². The van der Waals surface area contributed by atoms with Crippen LogP contribution in [-0.2, 0) is 15.0 Å². The third kappa shape index (κ3) is 3.15. The molecular weight excluding hydrogens is 302 g/mol. The fraction of sp³-hybridized carbons (Fsp3) is 0.833. The zero-order chi connectivity index (χ0) is 15.0. The highest BCUT2D eigenvalue weighted by atomic mass is 35.5. The highest BCUT2D eigenvalue weighted by Crippen LogP contribution is 2.59. The van der Waals surface area contributed by atoms with E-state index in [0.717, 1.165) is 19.3 Å². The molecule has 20 heavy (non-hydrogen) atoms. The Morgan fingerprint density at radius 3 is 2.55 bits per heavy atom. The summed E-state index contributed by atoms with van der Waals surface area (Å²) < 4.78 is 29.0. The third-order valence-electron chi connectivity index (χ3n) is 4.17. The summed E-state index contributed by atoms with van der Waals surface area (Å²) in [7, 11) is -0.156. The molecule has 0 aromatic rings. The van der Waals surface area contributed by atoms with Gasteiger partial charge in [0.15, 0.2) is 5.78 Å². The van der Waals surface area contributed by atoms with Crippen molar-refractivity contribution in [3.63, 3.8) is 0 Å². The van der Waals surface area contributed by atoms with Crippen molar-refractivity contribution in [3.05, 3.63) is 0 Å². The van der Waals surface area contributed by atoms with Crippen LogP contribution in [0.25, 0.3) is 0 Å². The van der Waals surface area contributed by atoms with E-state index in [2.05, 4.69) is 4.40 Å². The molecule has 1 saturated heterocycles. The van der Waals surface area contributed by atoms with Gasteiger partial charge >= 0.3 is 10.2 Å². The third-order valence-corrected chi connectivity index (χ3v) is 5.81. The molecule has 1 atom stereocenters. The molecule has 0 radical (unpaired) electrons. The van der Waals surface area contributed by atoms with Crippen molar-refractivity contribution < 1.29 is 13.2 Å². The summed E-state index contributed by atoms with van der Waals surface area (Å²) in [4.78, 5) is 13.2. The SMILES string of the molecule is CN(C)/C=N/S(=O)(=O)N1CCC2(CC1)C[C@H]2C(=O)CCl. The van der Waals surface area contributed by atoms with E-state index in [1.807, 2.05) is 0 Å². The quantitative estimate of drug-likeness (QED) is 0.425. The molecule has 1 heterocycles. The molecule has 2 fully saturated rings. The monoisotopic (exact) mass is 321 g/mol. The number of piperidine rings is 1. The van der Waals surface area contributed by atoms with Crippen LogP contribution in [0.5, 0.6) is 0 Å². The van der Waals surface area contributed by atoms with Crippen molar-refractivity contribution in [3.8, 4) is 0 Å². The number of ketones is 1. The molecule has 0 N–H and O–H groups in total. The Morgan fingerprint density at radius 1 is 1.45 bits per heavy atom. The normalized spacial score (nSPS) is 26.1. The van der Waals surface area contributed by atoms with Crippen LogP contribution in [0.2, 0.25) is 0 Å². The number of Topliss-reactive ketones (excluding diaryl/α,β-unsaturated/α-hetero) is 1. The highest BCUT2D eigenvalue weighted by molar-refractivity contribution is 7.87. The van der Waals surface area contributed by atoms with Crippen molar-refractivity contribution in [2.75, 3.05) is 33.1 Å². The minimum Gasteiger partial charge on any atom is -0.368 e. The Morgan fingerprint density at radius 2 is 2.05 bits per heavy atom. The first-order valence-electron chi connectivity index (χ1n) is 6.61. The second-order valence-corrected chi connectivity index (χ2v) is 7.67. The van der Waals surface area contributed by atoms with Crippen LogP contribution in [0.1, 0.15) is 19.3 Å². The van der Waals surface area contributed by atoms with Gasteiger partial charge in [-0.1, -0.05) is 0 Å². The van der Waals surface area contributed by atoms with Crippen molar-refractivity contribution in [2.45, 2.75) is 19.3 Å². The van der Waals surface area contributed by atoms with Gasteiger partial charge in [-0.15, -0.1) is 16.0 Å². The van der Waals surface area contributed by atoms with Gasteiger partial charge in [-0.3, -0.25) is 4.79 Å². The Bertz CT molecular complexity index is 510.